The first kappa shape index (κ1) is 15.7. The Morgan fingerprint density at radius 3 is 2.30 bits per heavy atom. The van der Waals surface area contributed by atoms with Crippen LogP contribution in [0.1, 0.15) is 12.5 Å². The average molecular weight is 286 g/mol. The van der Waals surface area contributed by atoms with Crippen LogP contribution >= 0.6 is 0 Å². The van der Waals surface area contributed by atoms with Crippen LogP contribution in [0.2, 0.25) is 0 Å². The Kier molecular flexibility index (Phi) is 5.31. The van der Waals surface area contributed by atoms with Gasteiger partial charge in [0.25, 0.3) is 5.91 Å². The van der Waals surface area contributed by atoms with Crippen molar-refractivity contribution in [3.8, 4) is 0 Å². The van der Waals surface area contributed by atoms with E-state index in [9.17, 15) is 22.8 Å². The smallest absolute Gasteiger partial charge is 0.342 e. The molecule has 0 heterocycles. The van der Waals surface area contributed by atoms with E-state index < -0.39 is 24.5 Å². The lowest BCUT2D eigenvalue weighted by atomic mass is 10.2. The minimum Gasteiger partial charge on any atom is -0.342 e. The van der Waals surface area contributed by atoms with Crippen molar-refractivity contribution in [3.05, 3.63) is 41.6 Å². The van der Waals surface area contributed by atoms with Crippen molar-refractivity contribution in [1.82, 2.24) is 10.6 Å². The first-order chi connectivity index (χ1) is 9.28. The summed E-state index contributed by atoms with van der Waals surface area (Å²) in [5.41, 5.74) is 0.339. The van der Waals surface area contributed by atoms with Gasteiger partial charge in [0, 0.05) is 6.92 Å². The second-order valence-corrected chi connectivity index (χ2v) is 3.95. The largest absolute Gasteiger partial charge is 0.405 e. The molecule has 2 N–H and O–H groups in total. The van der Waals surface area contributed by atoms with Crippen LogP contribution in [0, 0.1) is 0 Å². The molecule has 7 heteroatoms. The SMILES string of the molecule is CC(=O)N/C(=C\c1ccccc1)C(=O)NCC(F)(F)F. The zero-order chi connectivity index (χ0) is 15.2. The molecule has 0 atom stereocenters. The quantitative estimate of drug-likeness (QED) is 0.830. The van der Waals surface area contributed by atoms with Gasteiger partial charge in [0.05, 0.1) is 0 Å². The predicted molar refractivity (Wildman–Crippen MR) is 67.3 cm³/mol. The van der Waals surface area contributed by atoms with Gasteiger partial charge in [-0.2, -0.15) is 13.2 Å². The Labute approximate surface area is 113 Å². The van der Waals surface area contributed by atoms with E-state index in [4.69, 9.17) is 0 Å². The standard InChI is InChI=1S/C13H13F3N2O2/c1-9(19)18-11(7-10-5-3-2-4-6-10)12(20)17-8-13(14,15)16/h2-7H,8H2,1H3,(H,17,20)(H,18,19)/b11-7-. The maximum Gasteiger partial charge on any atom is 0.405 e. The Morgan fingerprint density at radius 2 is 1.80 bits per heavy atom. The van der Waals surface area contributed by atoms with Crippen molar-refractivity contribution in [2.45, 2.75) is 13.1 Å². The third kappa shape index (κ3) is 6.03. The van der Waals surface area contributed by atoms with Gasteiger partial charge in [0.1, 0.15) is 12.2 Å². The zero-order valence-corrected chi connectivity index (χ0v) is 10.6. The van der Waals surface area contributed by atoms with Crippen LogP contribution in [0.4, 0.5) is 13.2 Å². The van der Waals surface area contributed by atoms with Crippen molar-refractivity contribution in [2.75, 3.05) is 6.54 Å². The molecule has 1 aromatic rings. The van der Waals surface area contributed by atoms with Crippen molar-refractivity contribution < 1.29 is 22.8 Å². The molecule has 0 spiro atoms. The molecule has 1 rings (SSSR count). The number of halogens is 3. The maximum atomic E-state index is 12.0. The van der Waals surface area contributed by atoms with Crippen LogP contribution in [0.25, 0.3) is 6.08 Å². The van der Waals surface area contributed by atoms with Crippen LogP contribution in [0.3, 0.4) is 0 Å². The Balaban J connectivity index is 2.87. The summed E-state index contributed by atoms with van der Waals surface area (Å²) in [6.07, 6.45) is -3.21. The number of rotatable bonds is 4. The fraction of sp³-hybridized carbons (Fsp3) is 0.231. The van der Waals surface area contributed by atoms with E-state index in [2.05, 4.69) is 5.32 Å². The van der Waals surface area contributed by atoms with Crippen molar-refractivity contribution in [3.63, 3.8) is 0 Å². The van der Waals surface area contributed by atoms with Gasteiger partial charge >= 0.3 is 6.18 Å². The number of hydrogen-bond donors (Lipinski definition) is 2. The molecule has 0 saturated carbocycles. The van der Waals surface area contributed by atoms with Crippen LogP contribution in [-0.4, -0.2) is 24.5 Å². The van der Waals surface area contributed by atoms with E-state index in [0.29, 0.717) is 5.56 Å². The lowest BCUT2D eigenvalue weighted by Crippen LogP contribution is -2.38. The molecule has 0 fully saturated rings. The fourth-order valence-corrected chi connectivity index (χ4v) is 1.34. The molecule has 0 radical (unpaired) electrons. The highest BCUT2D eigenvalue weighted by molar-refractivity contribution is 6.00. The van der Waals surface area contributed by atoms with Crippen molar-refractivity contribution in [2.24, 2.45) is 0 Å². The van der Waals surface area contributed by atoms with E-state index in [-0.39, 0.29) is 5.70 Å². The number of benzene rings is 1. The third-order valence-electron chi connectivity index (χ3n) is 2.12. The lowest BCUT2D eigenvalue weighted by Gasteiger charge is -2.11. The second kappa shape index (κ2) is 6.74. The molecule has 20 heavy (non-hydrogen) atoms. The highest BCUT2D eigenvalue weighted by Crippen LogP contribution is 2.12. The number of amides is 2. The van der Waals surface area contributed by atoms with Crippen LogP contribution < -0.4 is 10.6 Å². The van der Waals surface area contributed by atoms with E-state index in [1.54, 1.807) is 35.6 Å². The monoisotopic (exact) mass is 286 g/mol. The normalized spacial score (nSPS) is 11.9. The Bertz CT molecular complexity index is 510. The van der Waals surface area contributed by atoms with Gasteiger partial charge in [0.2, 0.25) is 5.91 Å². The first-order valence-corrected chi connectivity index (χ1v) is 5.67. The lowest BCUT2D eigenvalue weighted by molar-refractivity contribution is -0.136. The average Bonchev–Trinajstić information content (AvgIpc) is 2.35. The van der Waals surface area contributed by atoms with E-state index >= 15 is 0 Å². The molecule has 0 aromatic heterocycles. The molecule has 2 amide bonds. The number of carbonyl (C=O) groups excluding carboxylic acids is 2. The van der Waals surface area contributed by atoms with Crippen LogP contribution in [0.15, 0.2) is 36.0 Å². The molecular formula is C13H13F3N2O2. The van der Waals surface area contributed by atoms with Crippen LogP contribution in [-0.2, 0) is 9.59 Å². The number of alkyl halides is 3. The van der Waals surface area contributed by atoms with Crippen molar-refractivity contribution >= 4 is 17.9 Å². The summed E-state index contributed by atoms with van der Waals surface area (Å²) in [5, 5.41) is 3.91. The van der Waals surface area contributed by atoms with Gasteiger partial charge in [-0.25, -0.2) is 0 Å². The number of hydrogen-bond acceptors (Lipinski definition) is 2. The molecule has 1 aromatic carbocycles. The highest BCUT2D eigenvalue weighted by Gasteiger charge is 2.28. The topological polar surface area (TPSA) is 58.2 Å². The predicted octanol–water partition coefficient (Wildman–Crippen LogP) is 1.84. The molecule has 4 nitrogen and oxygen atoms in total. The van der Waals surface area contributed by atoms with Crippen molar-refractivity contribution in [1.29, 1.82) is 0 Å². The van der Waals surface area contributed by atoms with E-state index in [1.165, 1.54) is 6.08 Å². The van der Waals surface area contributed by atoms with Gasteiger partial charge in [-0.3, -0.25) is 9.59 Å². The molecule has 0 aliphatic carbocycles. The van der Waals surface area contributed by atoms with E-state index in [1.807, 2.05) is 0 Å². The molecule has 0 saturated heterocycles. The second-order valence-electron chi connectivity index (χ2n) is 3.95. The molecule has 0 aliphatic heterocycles. The van der Waals surface area contributed by atoms with Gasteiger partial charge < -0.3 is 10.6 Å². The zero-order valence-electron chi connectivity index (χ0n) is 10.6. The summed E-state index contributed by atoms with van der Waals surface area (Å²) in [5.74, 6) is -1.55. The number of carbonyl (C=O) groups is 2. The van der Waals surface area contributed by atoms with Gasteiger partial charge in [0.15, 0.2) is 0 Å². The summed E-state index contributed by atoms with van der Waals surface area (Å²) in [6.45, 7) is -0.298. The first-order valence-electron chi connectivity index (χ1n) is 5.67. The van der Waals surface area contributed by atoms with Gasteiger partial charge in [-0.15, -0.1) is 0 Å². The Morgan fingerprint density at radius 1 is 1.20 bits per heavy atom. The molecule has 0 aliphatic rings. The number of nitrogens with one attached hydrogen (secondary N) is 2. The molecule has 0 unspecified atom stereocenters. The van der Waals surface area contributed by atoms with E-state index in [0.717, 1.165) is 6.92 Å². The summed E-state index contributed by atoms with van der Waals surface area (Å²) >= 11 is 0. The summed E-state index contributed by atoms with van der Waals surface area (Å²) < 4.78 is 36.1. The van der Waals surface area contributed by atoms with Crippen LogP contribution in [0.5, 0.6) is 0 Å². The fourth-order valence-electron chi connectivity index (χ4n) is 1.34. The highest BCUT2D eigenvalue weighted by atomic mass is 19.4. The van der Waals surface area contributed by atoms with Gasteiger partial charge in [-0.05, 0) is 11.6 Å². The molecule has 108 valence electrons. The minimum atomic E-state index is -4.51. The molecular weight excluding hydrogens is 273 g/mol. The summed E-state index contributed by atoms with van der Waals surface area (Å²) in [7, 11) is 0. The summed E-state index contributed by atoms with van der Waals surface area (Å²) in [6, 6.07) is 8.45. The Hall–Kier alpha value is -2.31. The third-order valence-corrected chi connectivity index (χ3v) is 2.12. The summed E-state index contributed by atoms with van der Waals surface area (Å²) in [4.78, 5) is 22.6. The molecule has 0 bridgehead atoms. The minimum absolute atomic E-state index is 0.243. The maximum absolute atomic E-state index is 12.0. The van der Waals surface area contributed by atoms with Gasteiger partial charge in [-0.1, -0.05) is 30.3 Å².